The highest BCUT2D eigenvalue weighted by Crippen LogP contribution is 2.29. The molecule has 1 aromatic rings. The third kappa shape index (κ3) is 6.79. The van der Waals surface area contributed by atoms with Crippen LogP contribution in [0.5, 0.6) is 0 Å². The van der Waals surface area contributed by atoms with Crippen molar-refractivity contribution in [1.82, 2.24) is 14.9 Å². The van der Waals surface area contributed by atoms with E-state index in [0.717, 1.165) is 50.8 Å². The van der Waals surface area contributed by atoms with Crippen molar-refractivity contribution in [1.29, 1.82) is 0 Å². The molecule has 6 nitrogen and oxygen atoms in total. The Balaban J connectivity index is 1.33. The highest BCUT2D eigenvalue weighted by Gasteiger charge is 2.27. The lowest BCUT2D eigenvalue weighted by atomic mass is 9.81. The summed E-state index contributed by atoms with van der Waals surface area (Å²) in [6.07, 6.45) is 7.09. The monoisotopic (exact) mass is 421 g/mol. The van der Waals surface area contributed by atoms with Gasteiger partial charge in [-0.05, 0) is 89.6 Å². The van der Waals surface area contributed by atoms with Crippen molar-refractivity contribution in [2.24, 2.45) is 11.8 Å². The normalized spacial score (nSPS) is 23.2. The number of likely N-dealkylation sites (tertiary alicyclic amines) is 1. The number of nitrogens with one attached hydrogen (secondary N) is 2. The number of carbonyl (C=O) groups excluding carboxylic acids is 1. The number of rotatable bonds is 9. The molecule has 0 unspecified atom stereocenters. The molecular formula is C22H35N3O3S. The average molecular weight is 422 g/mol. The lowest BCUT2D eigenvalue weighted by Gasteiger charge is -2.28. The molecule has 1 amide bonds. The summed E-state index contributed by atoms with van der Waals surface area (Å²) >= 11 is 0. The second-order valence-electron chi connectivity index (χ2n) is 8.58. The fourth-order valence-corrected chi connectivity index (χ4v) is 5.44. The maximum absolute atomic E-state index is 12.4. The molecule has 2 N–H and O–H groups in total. The van der Waals surface area contributed by atoms with Gasteiger partial charge in [0.05, 0.1) is 4.90 Å². The predicted molar refractivity (Wildman–Crippen MR) is 115 cm³/mol. The van der Waals surface area contributed by atoms with Crippen LogP contribution in [0.15, 0.2) is 29.2 Å². The van der Waals surface area contributed by atoms with Crippen molar-refractivity contribution < 1.29 is 13.2 Å². The number of hydrogen-bond acceptors (Lipinski definition) is 4. The topological polar surface area (TPSA) is 78.5 Å². The molecule has 1 aliphatic heterocycles. The van der Waals surface area contributed by atoms with Crippen LogP contribution in [0.25, 0.3) is 0 Å². The third-order valence-corrected chi connectivity index (χ3v) is 7.70. The molecule has 162 valence electrons. The summed E-state index contributed by atoms with van der Waals surface area (Å²) in [7, 11) is -3.46. The molecule has 1 heterocycles. The summed E-state index contributed by atoms with van der Waals surface area (Å²) in [4.78, 5) is 15.2. The van der Waals surface area contributed by atoms with E-state index in [9.17, 15) is 13.2 Å². The van der Waals surface area contributed by atoms with Crippen LogP contribution < -0.4 is 10.0 Å². The lowest BCUT2D eigenvalue weighted by Crippen LogP contribution is -2.37. The van der Waals surface area contributed by atoms with Crippen LogP contribution in [-0.2, 0) is 14.8 Å². The number of hydrogen-bond donors (Lipinski definition) is 2. The maximum Gasteiger partial charge on any atom is 0.240 e. The molecule has 2 aliphatic rings. The van der Waals surface area contributed by atoms with Crippen LogP contribution in [0, 0.1) is 18.8 Å². The average Bonchev–Trinajstić information content (AvgIpc) is 3.24. The first-order valence-electron chi connectivity index (χ1n) is 11.0. The minimum absolute atomic E-state index is 0.0757. The summed E-state index contributed by atoms with van der Waals surface area (Å²) in [5.41, 5.74) is 1.04. The minimum atomic E-state index is -3.46. The van der Waals surface area contributed by atoms with Crippen molar-refractivity contribution >= 4 is 15.9 Å². The van der Waals surface area contributed by atoms with Crippen LogP contribution in [-0.4, -0.2) is 51.9 Å². The van der Waals surface area contributed by atoms with Gasteiger partial charge in [0.1, 0.15) is 0 Å². The molecule has 0 radical (unpaired) electrons. The third-order valence-electron chi connectivity index (χ3n) is 6.26. The van der Waals surface area contributed by atoms with Gasteiger partial charge in [0.2, 0.25) is 15.9 Å². The molecular weight excluding hydrogens is 386 g/mol. The molecule has 3 rings (SSSR count). The van der Waals surface area contributed by atoms with Crippen LogP contribution >= 0.6 is 0 Å². The van der Waals surface area contributed by atoms with Crippen LogP contribution in [0.2, 0.25) is 0 Å². The summed E-state index contributed by atoms with van der Waals surface area (Å²) in [5, 5.41) is 3.10. The first-order chi connectivity index (χ1) is 13.9. The standard InChI is InChI=1S/C22H35N3O3S/c1-18-5-11-21(12-6-18)29(27,28)24-17-19-7-9-20(10-8-19)22(26)23-13-4-16-25-14-2-3-15-25/h5-6,11-12,19-20,24H,2-4,7-10,13-17H2,1H3,(H,23,26). The largest absolute Gasteiger partial charge is 0.356 e. The van der Waals surface area contributed by atoms with Gasteiger partial charge in [0, 0.05) is 19.0 Å². The number of sulfonamides is 1. The Morgan fingerprint density at radius 3 is 2.38 bits per heavy atom. The molecule has 1 aromatic carbocycles. The Labute approximate surface area is 175 Å². The van der Waals surface area contributed by atoms with E-state index in [2.05, 4.69) is 14.9 Å². The van der Waals surface area contributed by atoms with E-state index in [1.807, 2.05) is 19.1 Å². The second-order valence-corrected chi connectivity index (χ2v) is 10.3. The van der Waals surface area contributed by atoms with Crippen molar-refractivity contribution in [2.45, 2.75) is 56.8 Å². The highest BCUT2D eigenvalue weighted by atomic mass is 32.2. The van der Waals surface area contributed by atoms with Gasteiger partial charge in [-0.2, -0.15) is 0 Å². The molecule has 0 bridgehead atoms. The minimum Gasteiger partial charge on any atom is -0.356 e. The van der Waals surface area contributed by atoms with Gasteiger partial charge in [-0.15, -0.1) is 0 Å². The van der Waals surface area contributed by atoms with Crippen molar-refractivity contribution in [3.8, 4) is 0 Å². The van der Waals surface area contributed by atoms with Crippen LogP contribution in [0.1, 0.15) is 50.5 Å². The summed E-state index contributed by atoms with van der Waals surface area (Å²) < 4.78 is 27.6. The van der Waals surface area contributed by atoms with Crippen molar-refractivity contribution in [3.63, 3.8) is 0 Å². The number of benzene rings is 1. The number of nitrogens with zero attached hydrogens (tertiary/aromatic N) is 1. The second kappa shape index (κ2) is 10.5. The molecule has 0 atom stereocenters. The Morgan fingerprint density at radius 2 is 1.72 bits per heavy atom. The Morgan fingerprint density at radius 1 is 1.07 bits per heavy atom. The Kier molecular flexibility index (Phi) is 8.09. The highest BCUT2D eigenvalue weighted by molar-refractivity contribution is 7.89. The SMILES string of the molecule is Cc1ccc(S(=O)(=O)NCC2CCC(C(=O)NCCCN3CCCC3)CC2)cc1. The zero-order chi connectivity index (χ0) is 20.7. The molecule has 29 heavy (non-hydrogen) atoms. The van der Waals surface area contributed by atoms with Crippen molar-refractivity contribution in [2.75, 3.05) is 32.7 Å². The maximum atomic E-state index is 12.4. The van der Waals surface area contributed by atoms with Gasteiger partial charge < -0.3 is 10.2 Å². The van der Waals surface area contributed by atoms with Crippen LogP contribution in [0.4, 0.5) is 0 Å². The van der Waals surface area contributed by atoms with Gasteiger partial charge >= 0.3 is 0 Å². The zero-order valence-corrected chi connectivity index (χ0v) is 18.3. The predicted octanol–water partition coefficient (Wildman–Crippen LogP) is 2.68. The van der Waals surface area contributed by atoms with Crippen LogP contribution in [0.3, 0.4) is 0 Å². The first-order valence-corrected chi connectivity index (χ1v) is 12.5. The lowest BCUT2D eigenvalue weighted by molar-refractivity contribution is -0.126. The molecule has 0 spiro atoms. The number of carbonyl (C=O) groups is 1. The first kappa shape index (κ1) is 22.2. The summed E-state index contributed by atoms with van der Waals surface area (Å²) in [6.45, 7) is 6.61. The molecule has 1 saturated carbocycles. The Bertz CT molecular complexity index is 750. The van der Waals surface area contributed by atoms with Gasteiger partial charge in [-0.3, -0.25) is 4.79 Å². The molecule has 1 aliphatic carbocycles. The van der Waals surface area contributed by atoms with E-state index < -0.39 is 10.0 Å². The number of aryl methyl sites for hydroxylation is 1. The van der Waals surface area contributed by atoms with E-state index >= 15 is 0 Å². The molecule has 1 saturated heterocycles. The van der Waals surface area contributed by atoms with E-state index in [4.69, 9.17) is 0 Å². The summed E-state index contributed by atoms with van der Waals surface area (Å²) in [6, 6.07) is 6.90. The van der Waals surface area contributed by atoms with Gasteiger partial charge in [0.25, 0.3) is 0 Å². The fourth-order valence-electron chi connectivity index (χ4n) is 4.32. The van der Waals surface area contributed by atoms with E-state index in [0.29, 0.717) is 17.4 Å². The molecule has 7 heteroatoms. The van der Waals surface area contributed by atoms with E-state index in [1.54, 1.807) is 12.1 Å². The summed E-state index contributed by atoms with van der Waals surface area (Å²) in [5.74, 6) is 0.547. The number of amides is 1. The zero-order valence-electron chi connectivity index (χ0n) is 17.5. The van der Waals surface area contributed by atoms with Gasteiger partial charge in [0.15, 0.2) is 0 Å². The van der Waals surface area contributed by atoms with E-state index in [1.165, 1.54) is 25.9 Å². The fraction of sp³-hybridized carbons (Fsp3) is 0.682. The van der Waals surface area contributed by atoms with E-state index in [-0.39, 0.29) is 11.8 Å². The quantitative estimate of drug-likeness (QED) is 0.601. The Hall–Kier alpha value is -1.44. The van der Waals surface area contributed by atoms with Crippen molar-refractivity contribution in [3.05, 3.63) is 29.8 Å². The molecule has 2 fully saturated rings. The van der Waals surface area contributed by atoms with Gasteiger partial charge in [-0.25, -0.2) is 13.1 Å². The van der Waals surface area contributed by atoms with Gasteiger partial charge in [-0.1, -0.05) is 17.7 Å². The molecule has 0 aromatic heterocycles. The smallest absolute Gasteiger partial charge is 0.240 e.